The van der Waals surface area contributed by atoms with Crippen molar-refractivity contribution in [2.45, 2.75) is 6.04 Å². The number of carbonyl (C=O) groups is 2. The van der Waals surface area contributed by atoms with Crippen LogP contribution in [0.1, 0.15) is 10.4 Å². The van der Waals surface area contributed by atoms with Crippen LogP contribution in [0.25, 0.3) is 0 Å². The topological polar surface area (TPSA) is 84.9 Å². The molecule has 1 amide bonds. The monoisotopic (exact) mass is 271 g/mol. The minimum absolute atomic E-state index is 0.000605. The molecule has 0 bridgehead atoms. The Hall–Kier alpha value is -2.15. The Labute approximate surface area is 109 Å². The summed E-state index contributed by atoms with van der Waals surface area (Å²) in [5.41, 5.74) is 0.000605. The molecular weight excluding hydrogens is 257 g/mol. The van der Waals surface area contributed by atoms with Crippen LogP contribution in [0.2, 0.25) is 0 Å². The van der Waals surface area contributed by atoms with Crippen LogP contribution in [0.4, 0.5) is 4.39 Å². The molecule has 0 aromatic heterocycles. The van der Waals surface area contributed by atoms with Crippen molar-refractivity contribution in [2.75, 3.05) is 20.8 Å². The quantitative estimate of drug-likeness (QED) is 0.742. The number of aliphatic hydroxyl groups excluding tert-OH is 1. The van der Waals surface area contributed by atoms with E-state index in [4.69, 9.17) is 9.84 Å². The lowest BCUT2D eigenvalue weighted by Crippen LogP contribution is -2.44. The van der Waals surface area contributed by atoms with Crippen LogP contribution in [0, 0.1) is 5.82 Å². The second-order valence-electron chi connectivity index (χ2n) is 3.58. The summed E-state index contributed by atoms with van der Waals surface area (Å²) < 4.78 is 22.5. The molecule has 1 aromatic rings. The molecule has 0 aliphatic heterocycles. The number of nitrogens with one attached hydrogen (secondary N) is 1. The first kappa shape index (κ1) is 14.9. The summed E-state index contributed by atoms with van der Waals surface area (Å²) >= 11 is 0. The number of amides is 1. The average Bonchev–Trinajstić information content (AvgIpc) is 2.43. The predicted octanol–water partition coefficient (Wildman–Crippen LogP) is 0.0980. The highest BCUT2D eigenvalue weighted by molar-refractivity contribution is 5.96. The first-order valence-corrected chi connectivity index (χ1v) is 5.36. The van der Waals surface area contributed by atoms with E-state index in [1.54, 1.807) is 0 Å². The van der Waals surface area contributed by atoms with Crippen molar-refractivity contribution < 1.29 is 28.6 Å². The molecule has 0 radical (unpaired) electrons. The molecule has 2 N–H and O–H groups in total. The Balaban J connectivity index is 2.83. The zero-order valence-electron chi connectivity index (χ0n) is 10.5. The third kappa shape index (κ3) is 3.65. The van der Waals surface area contributed by atoms with Crippen molar-refractivity contribution in [3.05, 3.63) is 29.6 Å². The molecule has 0 fully saturated rings. The first-order chi connectivity index (χ1) is 9.03. The van der Waals surface area contributed by atoms with Gasteiger partial charge in [-0.1, -0.05) is 0 Å². The predicted molar refractivity (Wildman–Crippen MR) is 63.3 cm³/mol. The fourth-order valence-electron chi connectivity index (χ4n) is 1.37. The maximum absolute atomic E-state index is 13.4. The fraction of sp³-hybridized carbons (Fsp3) is 0.333. The molecule has 1 aromatic carbocycles. The lowest BCUT2D eigenvalue weighted by atomic mass is 10.2. The molecular formula is C12H14FNO5. The van der Waals surface area contributed by atoms with E-state index in [0.717, 1.165) is 13.2 Å². The molecule has 1 rings (SSSR count). The van der Waals surface area contributed by atoms with Crippen molar-refractivity contribution >= 4 is 11.9 Å². The summed E-state index contributed by atoms with van der Waals surface area (Å²) in [5.74, 6) is -2.19. The maximum atomic E-state index is 13.4. The second kappa shape index (κ2) is 6.69. The van der Waals surface area contributed by atoms with E-state index in [9.17, 15) is 14.0 Å². The lowest BCUT2D eigenvalue weighted by Gasteiger charge is -2.14. The molecule has 0 heterocycles. The smallest absolute Gasteiger partial charge is 0.330 e. The van der Waals surface area contributed by atoms with Gasteiger partial charge in [0.2, 0.25) is 0 Å². The fourth-order valence-corrected chi connectivity index (χ4v) is 1.37. The van der Waals surface area contributed by atoms with Crippen LogP contribution in [0.15, 0.2) is 18.2 Å². The van der Waals surface area contributed by atoms with Gasteiger partial charge < -0.3 is 19.9 Å². The zero-order valence-corrected chi connectivity index (χ0v) is 10.5. The van der Waals surface area contributed by atoms with Crippen LogP contribution in [-0.2, 0) is 9.53 Å². The van der Waals surface area contributed by atoms with Crippen LogP contribution in [0.5, 0.6) is 5.75 Å². The largest absolute Gasteiger partial charge is 0.494 e. The van der Waals surface area contributed by atoms with E-state index >= 15 is 0 Å². The van der Waals surface area contributed by atoms with E-state index in [-0.39, 0.29) is 11.3 Å². The number of rotatable bonds is 5. The Bertz CT molecular complexity index is 477. The van der Waals surface area contributed by atoms with Gasteiger partial charge in [-0.25, -0.2) is 9.18 Å². The minimum atomic E-state index is -1.19. The average molecular weight is 271 g/mol. The molecule has 7 heteroatoms. The van der Waals surface area contributed by atoms with Crippen molar-refractivity contribution in [3.63, 3.8) is 0 Å². The van der Waals surface area contributed by atoms with E-state index in [2.05, 4.69) is 10.1 Å². The van der Waals surface area contributed by atoms with Gasteiger partial charge in [-0.3, -0.25) is 4.79 Å². The number of ether oxygens (including phenoxy) is 2. The van der Waals surface area contributed by atoms with Crippen LogP contribution < -0.4 is 10.1 Å². The van der Waals surface area contributed by atoms with Crippen molar-refractivity contribution in [1.82, 2.24) is 5.32 Å². The number of methoxy groups -OCH3 is 2. The Kier molecular flexibility index (Phi) is 5.25. The highest BCUT2D eigenvalue weighted by Gasteiger charge is 2.21. The Morgan fingerprint density at radius 2 is 2.11 bits per heavy atom. The van der Waals surface area contributed by atoms with Gasteiger partial charge in [-0.2, -0.15) is 0 Å². The number of hydrogen-bond donors (Lipinski definition) is 2. The highest BCUT2D eigenvalue weighted by atomic mass is 19.1. The van der Waals surface area contributed by atoms with Gasteiger partial charge in [-0.15, -0.1) is 0 Å². The Morgan fingerprint density at radius 1 is 1.42 bits per heavy atom. The number of esters is 1. The summed E-state index contributed by atoms with van der Waals surface area (Å²) in [4.78, 5) is 22.9. The number of carbonyl (C=O) groups excluding carboxylic acids is 2. The number of halogens is 1. The molecule has 104 valence electrons. The highest BCUT2D eigenvalue weighted by Crippen LogP contribution is 2.17. The summed E-state index contributed by atoms with van der Waals surface area (Å²) in [6.07, 6.45) is 0. The van der Waals surface area contributed by atoms with Gasteiger partial charge in [0.1, 0.15) is 0 Å². The molecule has 0 aliphatic carbocycles. The van der Waals surface area contributed by atoms with Crippen LogP contribution >= 0.6 is 0 Å². The van der Waals surface area contributed by atoms with Crippen molar-refractivity contribution in [3.8, 4) is 5.75 Å². The minimum Gasteiger partial charge on any atom is -0.494 e. The zero-order chi connectivity index (χ0) is 14.4. The molecule has 1 unspecified atom stereocenters. The molecule has 6 nitrogen and oxygen atoms in total. The van der Waals surface area contributed by atoms with Crippen molar-refractivity contribution in [1.29, 1.82) is 0 Å². The first-order valence-electron chi connectivity index (χ1n) is 5.36. The van der Waals surface area contributed by atoms with Gasteiger partial charge in [0.05, 0.1) is 20.8 Å². The second-order valence-corrected chi connectivity index (χ2v) is 3.58. The third-order valence-electron chi connectivity index (χ3n) is 2.39. The Morgan fingerprint density at radius 3 is 2.58 bits per heavy atom. The standard InChI is InChI=1S/C12H14FNO5/c1-18-10-4-3-7(5-8(10)13)11(16)14-9(6-15)12(17)19-2/h3-5,9,15H,6H2,1-2H3,(H,14,16). The molecule has 1 atom stereocenters. The normalized spacial score (nSPS) is 11.6. The molecule has 0 spiro atoms. The van der Waals surface area contributed by atoms with E-state index in [1.807, 2.05) is 0 Å². The third-order valence-corrected chi connectivity index (χ3v) is 2.39. The lowest BCUT2D eigenvalue weighted by molar-refractivity contribution is -0.143. The number of hydrogen-bond acceptors (Lipinski definition) is 5. The molecule has 0 aliphatic rings. The van der Waals surface area contributed by atoms with Gasteiger partial charge in [0, 0.05) is 5.56 Å². The van der Waals surface area contributed by atoms with Gasteiger partial charge in [-0.05, 0) is 18.2 Å². The number of benzene rings is 1. The molecule has 19 heavy (non-hydrogen) atoms. The molecule has 0 saturated heterocycles. The van der Waals surface area contributed by atoms with Crippen LogP contribution in [-0.4, -0.2) is 43.9 Å². The van der Waals surface area contributed by atoms with E-state index in [1.165, 1.54) is 19.2 Å². The van der Waals surface area contributed by atoms with Gasteiger partial charge >= 0.3 is 5.97 Å². The number of aliphatic hydroxyl groups is 1. The van der Waals surface area contributed by atoms with E-state index in [0.29, 0.717) is 0 Å². The van der Waals surface area contributed by atoms with Gasteiger partial charge in [0.25, 0.3) is 5.91 Å². The SMILES string of the molecule is COC(=O)C(CO)NC(=O)c1ccc(OC)c(F)c1. The summed E-state index contributed by atoms with van der Waals surface area (Å²) in [6, 6.07) is 2.40. The summed E-state index contributed by atoms with van der Waals surface area (Å²) in [5, 5.41) is 11.2. The van der Waals surface area contributed by atoms with Crippen LogP contribution in [0.3, 0.4) is 0 Å². The summed E-state index contributed by atoms with van der Waals surface area (Å²) in [6.45, 7) is -0.614. The van der Waals surface area contributed by atoms with Crippen molar-refractivity contribution in [2.24, 2.45) is 0 Å². The van der Waals surface area contributed by atoms with E-state index < -0.39 is 30.3 Å². The molecule has 0 saturated carbocycles. The maximum Gasteiger partial charge on any atom is 0.330 e. The summed E-state index contributed by atoms with van der Waals surface area (Å²) in [7, 11) is 2.43. The van der Waals surface area contributed by atoms with Gasteiger partial charge in [0.15, 0.2) is 17.6 Å².